The summed E-state index contributed by atoms with van der Waals surface area (Å²) in [6, 6.07) is 18.7. The highest BCUT2D eigenvalue weighted by Crippen LogP contribution is 2.30. The van der Waals surface area contributed by atoms with Crippen molar-refractivity contribution >= 4 is 0 Å². The lowest BCUT2D eigenvalue weighted by atomic mass is 10.1. The number of benzene rings is 2. The van der Waals surface area contributed by atoms with Gasteiger partial charge in [0.05, 0.1) is 0 Å². The molecular formula is C16H14O. The number of allylic oxidation sites excluding steroid dienone is 2. The van der Waals surface area contributed by atoms with E-state index in [1.165, 1.54) is 11.1 Å². The zero-order valence-electron chi connectivity index (χ0n) is 9.60. The van der Waals surface area contributed by atoms with Crippen molar-refractivity contribution in [3.05, 3.63) is 77.6 Å². The maximum Gasteiger partial charge on any atom is 0.130 e. The molecule has 0 fully saturated rings. The Morgan fingerprint density at radius 3 is 2.53 bits per heavy atom. The molecule has 0 aromatic heterocycles. The SMILES string of the molecule is C(/Cc1ccccc1)=C1/Cc2ccccc2O1. The number of hydrogen-bond donors (Lipinski definition) is 0. The predicted molar refractivity (Wildman–Crippen MR) is 69.0 cm³/mol. The zero-order valence-corrected chi connectivity index (χ0v) is 9.60. The van der Waals surface area contributed by atoms with Gasteiger partial charge in [0.15, 0.2) is 0 Å². The summed E-state index contributed by atoms with van der Waals surface area (Å²) in [4.78, 5) is 0. The first-order valence-electron chi connectivity index (χ1n) is 5.90. The van der Waals surface area contributed by atoms with Crippen molar-refractivity contribution in [3.63, 3.8) is 0 Å². The molecule has 84 valence electrons. The third-order valence-electron chi connectivity index (χ3n) is 2.99. The molecule has 0 aliphatic carbocycles. The number of ether oxygens (including phenoxy) is 1. The second-order valence-corrected chi connectivity index (χ2v) is 4.25. The minimum atomic E-state index is 0.920. The summed E-state index contributed by atoms with van der Waals surface area (Å²) in [5.41, 5.74) is 2.60. The Hall–Kier alpha value is -2.02. The van der Waals surface area contributed by atoms with Crippen LogP contribution in [-0.2, 0) is 12.8 Å². The van der Waals surface area contributed by atoms with E-state index in [1.54, 1.807) is 0 Å². The van der Waals surface area contributed by atoms with Crippen LogP contribution in [0.5, 0.6) is 5.75 Å². The average molecular weight is 222 g/mol. The third-order valence-corrected chi connectivity index (χ3v) is 2.99. The van der Waals surface area contributed by atoms with Crippen molar-refractivity contribution in [2.24, 2.45) is 0 Å². The fraction of sp³-hybridized carbons (Fsp3) is 0.125. The van der Waals surface area contributed by atoms with Crippen LogP contribution < -0.4 is 4.74 Å². The molecule has 3 rings (SSSR count). The van der Waals surface area contributed by atoms with E-state index in [0.717, 1.165) is 24.4 Å². The fourth-order valence-electron chi connectivity index (χ4n) is 2.07. The van der Waals surface area contributed by atoms with Gasteiger partial charge in [0, 0.05) is 12.0 Å². The molecule has 1 heterocycles. The van der Waals surface area contributed by atoms with E-state index in [1.807, 2.05) is 18.2 Å². The lowest BCUT2D eigenvalue weighted by Gasteiger charge is -1.99. The molecule has 0 atom stereocenters. The molecule has 1 nitrogen and oxygen atoms in total. The summed E-state index contributed by atoms with van der Waals surface area (Å²) < 4.78 is 5.79. The molecule has 17 heavy (non-hydrogen) atoms. The molecule has 1 aliphatic heterocycles. The highest BCUT2D eigenvalue weighted by molar-refractivity contribution is 5.41. The molecule has 0 amide bonds. The molecule has 0 N–H and O–H groups in total. The second kappa shape index (κ2) is 4.46. The van der Waals surface area contributed by atoms with Gasteiger partial charge >= 0.3 is 0 Å². The van der Waals surface area contributed by atoms with Crippen LogP contribution in [-0.4, -0.2) is 0 Å². The van der Waals surface area contributed by atoms with E-state index in [-0.39, 0.29) is 0 Å². The van der Waals surface area contributed by atoms with Crippen molar-refractivity contribution in [3.8, 4) is 5.75 Å². The predicted octanol–water partition coefficient (Wildman–Crippen LogP) is 3.75. The standard InChI is InChI=1S/C16H14O/c1-2-6-13(7-3-1)10-11-15-12-14-8-4-5-9-16(14)17-15/h1-9,11H,10,12H2/b15-11+. The number of para-hydroxylation sites is 1. The van der Waals surface area contributed by atoms with Gasteiger partial charge in [-0.1, -0.05) is 48.5 Å². The van der Waals surface area contributed by atoms with Gasteiger partial charge in [-0.05, 0) is 24.1 Å². The molecule has 2 aromatic carbocycles. The van der Waals surface area contributed by atoms with Crippen LogP contribution in [0.15, 0.2) is 66.4 Å². The monoisotopic (exact) mass is 222 g/mol. The van der Waals surface area contributed by atoms with E-state index in [2.05, 4.69) is 42.5 Å². The first-order valence-corrected chi connectivity index (χ1v) is 5.90. The number of hydrogen-bond acceptors (Lipinski definition) is 1. The van der Waals surface area contributed by atoms with Gasteiger partial charge in [-0.2, -0.15) is 0 Å². The molecule has 0 unspecified atom stereocenters. The van der Waals surface area contributed by atoms with Gasteiger partial charge in [0.1, 0.15) is 11.5 Å². The van der Waals surface area contributed by atoms with Crippen LogP contribution in [0.2, 0.25) is 0 Å². The van der Waals surface area contributed by atoms with Crippen LogP contribution >= 0.6 is 0 Å². The molecule has 1 aliphatic rings. The number of rotatable bonds is 2. The summed E-state index contributed by atoms with van der Waals surface area (Å²) in [7, 11) is 0. The molecule has 0 saturated heterocycles. The van der Waals surface area contributed by atoms with E-state index in [4.69, 9.17) is 4.74 Å². The van der Waals surface area contributed by atoms with Crippen molar-refractivity contribution in [1.82, 2.24) is 0 Å². The normalized spacial score (nSPS) is 15.6. The molecule has 0 bridgehead atoms. The van der Waals surface area contributed by atoms with Gasteiger partial charge < -0.3 is 4.74 Å². The van der Waals surface area contributed by atoms with E-state index in [0.29, 0.717) is 0 Å². The maximum absolute atomic E-state index is 5.79. The summed E-state index contributed by atoms with van der Waals surface area (Å²) in [6.07, 6.45) is 4.03. The Morgan fingerprint density at radius 1 is 0.941 bits per heavy atom. The summed E-state index contributed by atoms with van der Waals surface area (Å²) >= 11 is 0. The zero-order chi connectivity index (χ0) is 11.5. The third kappa shape index (κ3) is 2.23. The Balaban J connectivity index is 1.73. The summed E-state index contributed by atoms with van der Waals surface area (Å²) in [6.45, 7) is 0. The molecule has 0 spiro atoms. The van der Waals surface area contributed by atoms with Crippen molar-refractivity contribution in [1.29, 1.82) is 0 Å². The first kappa shape index (κ1) is 10.2. The molecule has 0 radical (unpaired) electrons. The quantitative estimate of drug-likeness (QED) is 0.752. The van der Waals surface area contributed by atoms with Gasteiger partial charge in [0.25, 0.3) is 0 Å². The van der Waals surface area contributed by atoms with E-state index < -0.39 is 0 Å². The van der Waals surface area contributed by atoms with Crippen LogP contribution in [0.1, 0.15) is 11.1 Å². The second-order valence-electron chi connectivity index (χ2n) is 4.25. The first-order chi connectivity index (χ1) is 8.42. The van der Waals surface area contributed by atoms with Crippen molar-refractivity contribution in [2.45, 2.75) is 12.8 Å². The van der Waals surface area contributed by atoms with Crippen LogP contribution in [0.4, 0.5) is 0 Å². The van der Waals surface area contributed by atoms with Gasteiger partial charge in [-0.15, -0.1) is 0 Å². The lowest BCUT2D eigenvalue weighted by molar-refractivity contribution is 0.444. The largest absolute Gasteiger partial charge is 0.461 e. The average Bonchev–Trinajstić information content (AvgIpc) is 2.80. The Morgan fingerprint density at radius 2 is 1.71 bits per heavy atom. The summed E-state index contributed by atoms with van der Waals surface area (Å²) in [5.74, 6) is 2.07. The van der Waals surface area contributed by atoms with Crippen molar-refractivity contribution in [2.75, 3.05) is 0 Å². The van der Waals surface area contributed by atoms with Crippen molar-refractivity contribution < 1.29 is 4.74 Å². The van der Waals surface area contributed by atoms with Crippen LogP contribution in [0.25, 0.3) is 0 Å². The minimum absolute atomic E-state index is 0.920. The molecule has 0 saturated carbocycles. The van der Waals surface area contributed by atoms with E-state index >= 15 is 0 Å². The minimum Gasteiger partial charge on any atom is -0.461 e. The smallest absolute Gasteiger partial charge is 0.130 e. The number of fused-ring (bicyclic) bond motifs is 1. The molecule has 2 aromatic rings. The lowest BCUT2D eigenvalue weighted by Crippen LogP contribution is -1.90. The van der Waals surface area contributed by atoms with E-state index in [9.17, 15) is 0 Å². The Labute approximate surface area is 101 Å². The van der Waals surface area contributed by atoms with Gasteiger partial charge in [-0.3, -0.25) is 0 Å². The highest BCUT2D eigenvalue weighted by atomic mass is 16.5. The molecule has 1 heteroatoms. The fourth-order valence-corrected chi connectivity index (χ4v) is 2.07. The summed E-state index contributed by atoms with van der Waals surface area (Å²) in [5, 5.41) is 0. The van der Waals surface area contributed by atoms with Crippen LogP contribution in [0.3, 0.4) is 0 Å². The van der Waals surface area contributed by atoms with Gasteiger partial charge in [-0.25, -0.2) is 0 Å². The maximum atomic E-state index is 5.79. The van der Waals surface area contributed by atoms with Crippen LogP contribution in [0, 0.1) is 0 Å². The Kier molecular flexibility index (Phi) is 2.66. The topological polar surface area (TPSA) is 9.23 Å². The highest BCUT2D eigenvalue weighted by Gasteiger charge is 2.15. The Bertz CT molecular complexity index is 513. The van der Waals surface area contributed by atoms with Gasteiger partial charge in [0.2, 0.25) is 0 Å². The molecular weight excluding hydrogens is 208 g/mol.